The Labute approximate surface area is 139 Å². The number of sulfonamides is 1. The van der Waals surface area contributed by atoms with Crippen LogP contribution in [0.3, 0.4) is 0 Å². The molecule has 0 fully saturated rings. The minimum Gasteiger partial charge on any atom is -0.452 e. The zero-order valence-corrected chi connectivity index (χ0v) is 16.2. The average molecular weight is 399 g/mol. The molecule has 0 amide bonds. The number of hydrogen-bond acceptors (Lipinski definition) is 5. The van der Waals surface area contributed by atoms with Gasteiger partial charge in [-0.15, -0.1) is 0 Å². The second-order valence-corrected chi connectivity index (χ2v) is 9.64. The van der Waals surface area contributed by atoms with Crippen LogP contribution in [0.15, 0.2) is 20.0 Å². The quantitative estimate of drug-likeness (QED) is 0.703. The molecule has 0 aliphatic carbocycles. The summed E-state index contributed by atoms with van der Waals surface area (Å²) in [5, 5.41) is 3.19. The largest absolute Gasteiger partial charge is 0.452 e. The lowest BCUT2D eigenvalue weighted by Gasteiger charge is -2.21. The van der Waals surface area contributed by atoms with E-state index >= 15 is 0 Å². The van der Waals surface area contributed by atoms with Crippen molar-refractivity contribution in [3.8, 4) is 0 Å². The summed E-state index contributed by atoms with van der Waals surface area (Å²) in [6.07, 6.45) is 1.96. The Morgan fingerprint density at radius 1 is 1.43 bits per heavy atom. The van der Waals surface area contributed by atoms with Gasteiger partial charge in [0.25, 0.3) is 0 Å². The molecular weight excluding hydrogens is 376 g/mol. The molecule has 0 saturated carbocycles. The normalized spacial score (nSPS) is 13.1. The first-order valence-corrected chi connectivity index (χ1v) is 10.1. The van der Waals surface area contributed by atoms with Crippen LogP contribution in [0, 0.1) is 0 Å². The van der Waals surface area contributed by atoms with Gasteiger partial charge in [-0.25, -0.2) is 13.1 Å². The van der Waals surface area contributed by atoms with Crippen LogP contribution in [0.4, 0.5) is 0 Å². The predicted octanol–water partition coefficient (Wildman–Crippen LogP) is 2.96. The van der Waals surface area contributed by atoms with Crippen molar-refractivity contribution in [1.82, 2.24) is 10.0 Å². The lowest BCUT2D eigenvalue weighted by Crippen LogP contribution is -2.36. The Hall–Kier alpha value is -0.0200. The molecule has 0 aromatic carbocycles. The molecule has 21 heavy (non-hydrogen) atoms. The van der Waals surface area contributed by atoms with Gasteiger partial charge in [-0.2, -0.15) is 11.8 Å². The van der Waals surface area contributed by atoms with E-state index in [2.05, 4.69) is 26.0 Å². The Bertz CT molecular complexity index is 568. The second kappa shape index (κ2) is 7.50. The van der Waals surface area contributed by atoms with Crippen molar-refractivity contribution >= 4 is 37.7 Å². The van der Waals surface area contributed by atoms with Crippen LogP contribution in [0.5, 0.6) is 0 Å². The zero-order valence-electron chi connectivity index (χ0n) is 13.0. The van der Waals surface area contributed by atoms with Gasteiger partial charge in [-0.3, -0.25) is 0 Å². The first-order valence-electron chi connectivity index (χ1n) is 6.64. The zero-order chi connectivity index (χ0) is 16.3. The summed E-state index contributed by atoms with van der Waals surface area (Å²) in [6, 6.07) is 1.85. The minimum atomic E-state index is -3.58. The molecule has 0 aliphatic heterocycles. The number of halogens is 1. The van der Waals surface area contributed by atoms with Crippen LogP contribution in [0.2, 0.25) is 0 Å². The maximum Gasteiger partial charge on any atom is 0.245 e. The number of nitrogens with one attached hydrogen (secondary N) is 2. The van der Waals surface area contributed by atoms with Crippen molar-refractivity contribution in [2.75, 3.05) is 12.8 Å². The molecule has 0 bridgehead atoms. The Morgan fingerprint density at radius 2 is 2.05 bits per heavy atom. The first-order chi connectivity index (χ1) is 9.57. The summed E-state index contributed by atoms with van der Waals surface area (Å²) in [4.78, 5) is 0.139. The minimum absolute atomic E-state index is 0.139. The molecule has 1 aromatic rings. The first kappa shape index (κ1) is 19.0. The Kier molecular flexibility index (Phi) is 6.80. The Morgan fingerprint density at radius 3 is 2.57 bits per heavy atom. The van der Waals surface area contributed by atoms with Gasteiger partial charge in [0.05, 0.1) is 6.54 Å². The molecule has 1 aromatic heterocycles. The summed E-state index contributed by atoms with van der Waals surface area (Å²) in [6.45, 7) is 8.85. The van der Waals surface area contributed by atoms with Crippen molar-refractivity contribution in [3.63, 3.8) is 0 Å². The molecule has 0 unspecified atom stereocenters. The van der Waals surface area contributed by atoms with Crippen LogP contribution in [-0.4, -0.2) is 32.0 Å². The van der Waals surface area contributed by atoms with E-state index in [1.54, 1.807) is 17.8 Å². The molecule has 1 rings (SSSR count). The summed E-state index contributed by atoms with van der Waals surface area (Å²) in [5.74, 6) is 0.583. The third-order valence-corrected chi connectivity index (χ3v) is 6.43. The van der Waals surface area contributed by atoms with Crippen LogP contribution < -0.4 is 10.0 Å². The second-order valence-electron chi connectivity index (χ2n) is 5.67. The summed E-state index contributed by atoms with van der Waals surface area (Å²) < 4.78 is 32.8. The highest BCUT2D eigenvalue weighted by Gasteiger charge is 2.25. The van der Waals surface area contributed by atoms with Gasteiger partial charge in [0.1, 0.15) is 10.7 Å². The summed E-state index contributed by atoms with van der Waals surface area (Å²) in [5.41, 5.74) is 0. The SMILES string of the molecule is CSC(C)(C)CNS(=O)(=O)c1cc(CNC(C)C)oc1Br. The van der Waals surface area contributed by atoms with Gasteiger partial charge in [0.15, 0.2) is 4.67 Å². The van der Waals surface area contributed by atoms with E-state index in [4.69, 9.17) is 4.42 Å². The van der Waals surface area contributed by atoms with Crippen molar-refractivity contribution in [3.05, 3.63) is 16.5 Å². The summed E-state index contributed by atoms with van der Waals surface area (Å²) in [7, 11) is -3.58. The van der Waals surface area contributed by atoms with Gasteiger partial charge >= 0.3 is 0 Å². The molecule has 1 heterocycles. The highest BCUT2D eigenvalue weighted by Crippen LogP contribution is 2.27. The smallest absolute Gasteiger partial charge is 0.245 e. The molecule has 0 radical (unpaired) electrons. The van der Waals surface area contributed by atoms with Gasteiger partial charge < -0.3 is 9.73 Å². The molecule has 5 nitrogen and oxygen atoms in total. The van der Waals surface area contributed by atoms with E-state index in [1.807, 2.05) is 34.0 Å². The fourth-order valence-electron chi connectivity index (χ4n) is 1.39. The van der Waals surface area contributed by atoms with Crippen LogP contribution in [0.25, 0.3) is 0 Å². The van der Waals surface area contributed by atoms with Crippen molar-refractivity contribution < 1.29 is 12.8 Å². The maximum absolute atomic E-state index is 12.3. The number of furan rings is 1. The molecule has 122 valence electrons. The molecule has 8 heteroatoms. The monoisotopic (exact) mass is 398 g/mol. The molecular formula is C13H23BrN2O3S2. The highest BCUT2D eigenvalue weighted by atomic mass is 79.9. The number of thioether (sulfide) groups is 1. The van der Waals surface area contributed by atoms with Crippen LogP contribution in [-0.2, 0) is 16.6 Å². The standard InChI is InChI=1S/C13H23BrN2O3S2/c1-9(2)15-7-10-6-11(12(14)19-10)21(17,18)16-8-13(3,4)20-5/h6,9,15-16H,7-8H2,1-5H3. The average Bonchev–Trinajstić information content (AvgIpc) is 2.76. The maximum atomic E-state index is 12.3. The number of hydrogen-bond donors (Lipinski definition) is 2. The van der Waals surface area contributed by atoms with Gasteiger partial charge in [-0.1, -0.05) is 13.8 Å². The third-order valence-electron chi connectivity index (χ3n) is 2.92. The fourth-order valence-corrected chi connectivity index (χ4v) is 3.91. The number of rotatable bonds is 8. The van der Waals surface area contributed by atoms with Gasteiger partial charge in [0.2, 0.25) is 10.0 Å². The molecule has 0 atom stereocenters. The molecule has 0 aliphatic rings. The highest BCUT2D eigenvalue weighted by molar-refractivity contribution is 9.10. The van der Waals surface area contributed by atoms with E-state index in [-0.39, 0.29) is 14.3 Å². The van der Waals surface area contributed by atoms with E-state index in [9.17, 15) is 8.42 Å². The van der Waals surface area contributed by atoms with Gasteiger partial charge in [-0.05, 0) is 36.0 Å². The van der Waals surface area contributed by atoms with Crippen molar-refractivity contribution in [2.24, 2.45) is 0 Å². The summed E-state index contributed by atoms with van der Waals surface area (Å²) >= 11 is 4.79. The van der Waals surface area contributed by atoms with Gasteiger partial charge in [0, 0.05) is 23.4 Å². The molecule has 0 spiro atoms. The van der Waals surface area contributed by atoms with E-state index in [1.165, 1.54) is 0 Å². The van der Waals surface area contributed by atoms with E-state index < -0.39 is 10.0 Å². The Balaban J connectivity index is 2.84. The topological polar surface area (TPSA) is 71.3 Å². The predicted molar refractivity (Wildman–Crippen MR) is 91.2 cm³/mol. The third kappa shape index (κ3) is 5.94. The fraction of sp³-hybridized carbons (Fsp3) is 0.692. The lowest BCUT2D eigenvalue weighted by molar-refractivity contribution is 0.447. The van der Waals surface area contributed by atoms with E-state index in [0.29, 0.717) is 24.9 Å². The lowest BCUT2D eigenvalue weighted by atomic mass is 10.2. The van der Waals surface area contributed by atoms with Crippen molar-refractivity contribution in [2.45, 2.75) is 49.9 Å². The van der Waals surface area contributed by atoms with E-state index in [0.717, 1.165) is 0 Å². The molecule has 2 N–H and O–H groups in total. The van der Waals surface area contributed by atoms with Crippen molar-refractivity contribution in [1.29, 1.82) is 0 Å². The van der Waals surface area contributed by atoms with Crippen LogP contribution in [0.1, 0.15) is 33.5 Å². The van der Waals surface area contributed by atoms with Crippen LogP contribution >= 0.6 is 27.7 Å². The molecule has 0 saturated heterocycles.